The van der Waals surface area contributed by atoms with E-state index in [1.165, 1.54) is 22.5 Å². The lowest BCUT2D eigenvalue weighted by Gasteiger charge is -2.42. The van der Waals surface area contributed by atoms with Crippen molar-refractivity contribution in [2.24, 2.45) is 11.1 Å². The van der Waals surface area contributed by atoms with E-state index in [4.69, 9.17) is 16.0 Å². The van der Waals surface area contributed by atoms with Gasteiger partial charge in [0.1, 0.15) is 16.5 Å². The molecule has 1 saturated heterocycles. The lowest BCUT2D eigenvalue weighted by Crippen LogP contribution is -2.45. The highest BCUT2D eigenvalue weighted by Gasteiger charge is 2.52. The van der Waals surface area contributed by atoms with Crippen LogP contribution in [0.25, 0.3) is 11.0 Å². The second-order valence-electron chi connectivity index (χ2n) is 9.99. The standard InChI is InChI=1S/C24H23N9OS/c25-12-15-29-32-21(35-15)24(5-6-24)18-16-19(31-30-18)27-22(28-20(16)34)33-9-7-23(8-10-33)11-13-3-1-2-4-14(13)17(23)26/h1-4,17H,5-11,26H2,(H2,27,28,30,31,34)/t17-/m1/s1. The van der Waals surface area contributed by atoms with Gasteiger partial charge in [0.05, 0.1) is 11.1 Å². The molecule has 0 amide bonds. The maximum atomic E-state index is 13.3. The minimum atomic E-state index is -0.466. The fourth-order valence-electron chi connectivity index (χ4n) is 6.03. The number of rotatable bonds is 3. The number of aromatic amines is 2. The number of hydrogen-bond donors (Lipinski definition) is 3. The molecule has 35 heavy (non-hydrogen) atoms. The molecule has 0 unspecified atom stereocenters. The van der Waals surface area contributed by atoms with Gasteiger partial charge in [-0.05, 0) is 48.6 Å². The third-order valence-corrected chi connectivity index (χ3v) is 9.23. The van der Waals surface area contributed by atoms with E-state index < -0.39 is 5.41 Å². The van der Waals surface area contributed by atoms with Crippen molar-refractivity contribution in [1.82, 2.24) is 30.4 Å². The molecule has 1 aromatic carbocycles. The Bertz CT molecular complexity index is 1570. The summed E-state index contributed by atoms with van der Waals surface area (Å²) in [6, 6.07) is 10.6. The zero-order valence-corrected chi connectivity index (χ0v) is 19.7. The minimum Gasteiger partial charge on any atom is -0.342 e. The Morgan fingerprint density at radius 1 is 1.17 bits per heavy atom. The average molecular weight is 486 g/mol. The van der Waals surface area contributed by atoms with Crippen LogP contribution >= 0.6 is 11.3 Å². The molecular weight excluding hydrogens is 462 g/mol. The maximum absolute atomic E-state index is 13.3. The van der Waals surface area contributed by atoms with Crippen LogP contribution in [0.5, 0.6) is 0 Å². The molecule has 2 aliphatic carbocycles. The Morgan fingerprint density at radius 2 is 1.97 bits per heavy atom. The summed E-state index contributed by atoms with van der Waals surface area (Å²) in [6.45, 7) is 1.56. The Hall–Kier alpha value is -3.62. The molecular formula is C24H23N9OS. The van der Waals surface area contributed by atoms with Gasteiger partial charge in [-0.1, -0.05) is 35.6 Å². The molecule has 4 heterocycles. The van der Waals surface area contributed by atoms with Crippen LogP contribution in [-0.4, -0.2) is 43.5 Å². The highest BCUT2D eigenvalue weighted by atomic mass is 32.1. The summed E-state index contributed by atoms with van der Waals surface area (Å²) in [5.74, 6) is 0.559. The van der Waals surface area contributed by atoms with Crippen molar-refractivity contribution in [2.75, 3.05) is 18.0 Å². The molecule has 1 saturated carbocycles. The lowest BCUT2D eigenvalue weighted by molar-refractivity contribution is 0.187. The fraction of sp³-hybridized carbons (Fsp3) is 0.417. The minimum absolute atomic E-state index is 0.0436. The molecule has 1 aliphatic heterocycles. The highest BCUT2D eigenvalue weighted by Crippen LogP contribution is 2.55. The largest absolute Gasteiger partial charge is 0.342 e. The Labute approximate surface area is 204 Å². The van der Waals surface area contributed by atoms with E-state index >= 15 is 0 Å². The van der Waals surface area contributed by atoms with E-state index in [0.717, 1.165) is 50.2 Å². The quantitative estimate of drug-likeness (QED) is 0.399. The summed E-state index contributed by atoms with van der Waals surface area (Å²) in [5.41, 5.74) is 9.84. The Kier molecular flexibility index (Phi) is 4.26. The normalized spacial score (nSPS) is 21.8. The van der Waals surface area contributed by atoms with Gasteiger partial charge in [0.25, 0.3) is 5.56 Å². The summed E-state index contributed by atoms with van der Waals surface area (Å²) < 4.78 is 0. The summed E-state index contributed by atoms with van der Waals surface area (Å²) in [6.07, 6.45) is 4.52. The van der Waals surface area contributed by atoms with Crippen molar-refractivity contribution in [3.63, 3.8) is 0 Å². The van der Waals surface area contributed by atoms with Gasteiger partial charge in [-0.15, -0.1) is 10.2 Å². The third-order valence-electron chi connectivity index (χ3n) is 8.20. The molecule has 11 heteroatoms. The number of piperidine rings is 1. The van der Waals surface area contributed by atoms with Crippen LogP contribution in [0.2, 0.25) is 0 Å². The maximum Gasteiger partial charge on any atom is 0.263 e. The number of nitrogens with one attached hydrogen (secondary N) is 2. The van der Waals surface area contributed by atoms with Crippen molar-refractivity contribution in [3.05, 3.63) is 61.5 Å². The molecule has 1 spiro atoms. The molecule has 4 N–H and O–H groups in total. The second-order valence-corrected chi connectivity index (χ2v) is 11.0. The van der Waals surface area contributed by atoms with E-state index in [9.17, 15) is 4.79 Å². The van der Waals surface area contributed by atoms with E-state index in [1.54, 1.807) is 0 Å². The first-order valence-corrected chi connectivity index (χ1v) is 12.7. The van der Waals surface area contributed by atoms with E-state index in [0.29, 0.717) is 27.7 Å². The van der Waals surface area contributed by atoms with E-state index in [1.807, 2.05) is 6.07 Å². The van der Waals surface area contributed by atoms with Crippen LogP contribution in [0.15, 0.2) is 29.1 Å². The number of hydrogen-bond acceptors (Lipinski definition) is 9. The highest BCUT2D eigenvalue weighted by molar-refractivity contribution is 7.12. The van der Waals surface area contributed by atoms with E-state index in [2.05, 4.69) is 54.5 Å². The molecule has 10 nitrogen and oxygen atoms in total. The van der Waals surface area contributed by atoms with Crippen LogP contribution in [-0.2, 0) is 11.8 Å². The lowest BCUT2D eigenvalue weighted by atomic mass is 9.73. The van der Waals surface area contributed by atoms with Crippen molar-refractivity contribution >= 4 is 28.3 Å². The fourth-order valence-corrected chi connectivity index (χ4v) is 6.92. The van der Waals surface area contributed by atoms with Crippen LogP contribution in [0.4, 0.5) is 5.95 Å². The number of nitrogens with two attached hydrogens (primary N) is 1. The first kappa shape index (κ1) is 20.7. The molecule has 3 aromatic heterocycles. The smallest absolute Gasteiger partial charge is 0.263 e. The number of benzene rings is 1. The number of aromatic nitrogens is 6. The van der Waals surface area contributed by atoms with Gasteiger partial charge in [-0.2, -0.15) is 15.3 Å². The third kappa shape index (κ3) is 2.93. The molecule has 0 bridgehead atoms. The van der Waals surface area contributed by atoms with Gasteiger partial charge in [-0.3, -0.25) is 14.9 Å². The van der Waals surface area contributed by atoms with Gasteiger partial charge in [0.15, 0.2) is 5.65 Å². The number of anilines is 1. The van der Waals surface area contributed by atoms with Crippen LogP contribution in [0, 0.1) is 16.7 Å². The predicted molar refractivity (Wildman–Crippen MR) is 130 cm³/mol. The van der Waals surface area contributed by atoms with Gasteiger partial charge in [-0.25, -0.2) is 0 Å². The van der Waals surface area contributed by atoms with E-state index in [-0.39, 0.29) is 17.0 Å². The van der Waals surface area contributed by atoms with Gasteiger partial charge >= 0.3 is 0 Å². The molecule has 4 aromatic rings. The average Bonchev–Trinajstić information content (AvgIpc) is 3.23. The SMILES string of the molecule is N#Cc1nnc(C2(c3n[nH]c4nc(N5CCC6(CC5)Cc5ccccc5[C@H]6N)[nH]c(=O)c34)CC2)s1. The topological polar surface area (TPSA) is 153 Å². The van der Waals surface area contributed by atoms with Crippen molar-refractivity contribution in [1.29, 1.82) is 5.26 Å². The zero-order chi connectivity index (χ0) is 23.8. The number of fused-ring (bicyclic) bond motifs is 2. The number of nitriles is 1. The first-order valence-electron chi connectivity index (χ1n) is 11.8. The van der Waals surface area contributed by atoms with Gasteiger partial charge in [0.2, 0.25) is 11.0 Å². The first-order chi connectivity index (χ1) is 17.0. The molecule has 2 fully saturated rings. The molecule has 7 rings (SSSR count). The summed E-state index contributed by atoms with van der Waals surface area (Å²) in [5, 5.41) is 26.2. The van der Waals surface area contributed by atoms with Gasteiger partial charge in [0, 0.05) is 19.1 Å². The van der Waals surface area contributed by atoms with Crippen molar-refractivity contribution in [3.8, 4) is 6.07 Å². The van der Waals surface area contributed by atoms with Gasteiger partial charge < -0.3 is 10.6 Å². The summed E-state index contributed by atoms with van der Waals surface area (Å²) in [7, 11) is 0. The summed E-state index contributed by atoms with van der Waals surface area (Å²) in [4.78, 5) is 23.1. The van der Waals surface area contributed by atoms with Crippen LogP contribution in [0.1, 0.15) is 58.6 Å². The summed E-state index contributed by atoms with van der Waals surface area (Å²) >= 11 is 1.26. The number of nitrogens with zero attached hydrogens (tertiary/aromatic N) is 6. The molecule has 176 valence electrons. The predicted octanol–water partition coefficient (Wildman–Crippen LogP) is 2.29. The van der Waals surface area contributed by atoms with Crippen LogP contribution < -0.4 is 16.2 Å². The molecule has 3 aliphatic rings. The van der Waals surface area contributed by atoms with Crippen molar-refractivity contribution in [2.45, 2.75) is 43.6 Å². The Morgan fingerprint density at radius 3 is 2.69 bits per heavy atom. The second kappa shape index (κ2) is 7.19. The van der Waals surface area contributed by atoms with Crippen molar-refractivity contribution < 1.29 is 0 Å². The molecule has 0 radical (unpaired) electrons. The number of H-pyrrole nitrogens is 2. The monoisotopic (exact) mass is 485 g/mol. The Balaban J connectivity index is 1.17. The molecule has 1 atom stereocenters. The van der Waals surface area contributed by atoms with Crippen LogP contribution in [0.3, 0.4) is 0 Å². The zero-order valence-electron chi connectivity index (χ0n) is 18.9.